The zero-order valence-electron chi connectivity index (χ0n) is 15.5. The fourth-order valence-electron chi connectivity index (χ4n) is 3.46. The number of urea groups is 1. The number of quaternary nitrogens is 1. The maximum atomic E-state index is 13.9. The van der Waals surface area contributed by atoms with E-state index in [1.54, 1.807) is 0 Å². The van der Waals surface area contributed by atoms with Crippen LogP contribution in [0.3, 0.4) is 0 Å². The fraction of sp³-hybridized carbons (Fsp3) is 0.529. The van der Waals surface area contributed by atoms with Crippen LogP contribution in [0.15, 0.2) is 23.1 Å². The molecule has 2 heterocycles. The molecule has 0 unspecified atom stereocenters. The lowest BCUT2D eigenvalue weighted by atomic mass is 10.2. The maximum absolute atomic E-state index is 13.9. The van der Waals surface area contributed by atoms with E-state index in [0.29, 0.717) is 25.6 Å². The molecule has 1 atom stereocenters. The van der Waals surface area contributed by atoms with E-state index < -0.39 is 38.6 Å². The Morgan fingerprint density at radius 1 is 1.21 bits per heavy atom. The number of carbonyl (C=O) groups excluding carboxylic acids is 2. The number of amides is 3. The summed E-state index contributed by atoms with van der Waals surface area (Å²) in [5.74, 6) is -2.24. The van der Waals surface area contributed by atoms with Gasteiger partial charge in [0, 0.05) is 6.07 Å². The van der Waals surface area contributed by atoms with Gasteiger partial charge in [-0.2, -0.15) is 4.31 Å². The average Bonchev–Trinajstić information content (AvgIpc) is 2.90. The third-order valence-corrected chi connectivity index (χ3v) is 6.94. The number of hydrogen-bond acceptors (Lipinski definition) is 4. The lowest BCUT2D eigenvalue weighted by Crippen LogP contribution is -3.16. The number of hydrogen-bond donors (Lipinski definition) is 2. The van der Waals surface area contributed by atoms with Gasteiger partial charge < -0.3 is 10.2 Å². The number of imide groups is 1. The van der Waals surface area contributed by atoms with Gasteiger partial charge in [0.05, 0.1) is 26.2 Å². The summed E-state index contributed by atoms with van der Waals surface area (Å²) in [5.41, 5.74) is 0. The Kier molecular flexibility index (Phi) is 5.96. The van der Waals surface area contributed by atoms with Gasteiger partial charge in [0.1, 0.15) is 22.6 Å². The number of carbonyl (C=O) groups is 2. The van der Waals surface area contributed by atoms with Crippen molar-refractivity contribution in [1.29, 1.82) is 0 Å². The van der Waals surface area contributed by atoms with Gasteiger partial charge in [0.15, 0.2) is 6.67 Å². The van der Waals surface area contributed by atoms with Crippen molar-refractivity contribution in [1.82, 2.24) is 14.5 Å². The van der Waals surface area contributed by atoms with Gasteiger partial charge in [0.25, 0.3) is 5.91 Å². The number of rotatable bonds is 6. The van der Waals surface area contributed by atoms with Gasteiger partial charge in [0.2, 0.25) is 10.0 Å². The Hall–Kier alpha value is -2.11. The van der Waals surface area contributed by atoms with Gasteiger partial charge in [-0.05, 0) is 18.6 Å². The minimum atomic E-state index is -4.08. The van der Waals surface area contributed by atoms with Crippen LogP contribution in [0.25, 0.3) is 0 Å². The highest BCUT2D eigenvalue weighted by Gasteiger charge is 2.40. The van der Waals surface area contributed by atoms with Crippen molar-refractivity contribution >= 4 is 22.0 Å². The number of halogens is 2. The van der Waals surface area contributed by atoms with Gasteiger partial charge in [-0.15, -0.1) is 0 Å². The first kappa shape index (κ1) is 20.6. The van der Waals surface area contributed by atoms with Crippen LogP contribution < -0.4 is 10.2 Å². The smallest absolute Gasteiger partial charge is 0.326 e. The van der Waals surface area contributed by atoms with Crippen molar-refractivity contribution in [3.63, 3.8) is 0 Å². The molecule has 0 saturated carbocycles. The summed E-state index contributed by atoms with van der Waals surface area (Å²) in [4.78, 5) is 25.8. The highest BCUT2D eigenvalue weighted by Crippen LogP contribution is 2.20. The van der Waals surface area contributed by atoms with Crippen LogP contribution in [0.1, 0.15) is 19.8 Å². The molecule has 1 aromatic rings. The molecule has 0 bridgehead atoms. The summed E-state index contributed by atoms with van der Waals surface area (Å²) in [7, 11) is -4.08. The van der Waals surface area contributed by atoms with Gasteiger partial charge in [-0.3, -0.25) is 4.79 Å². The van der Waals surface area contributed by atoms with Crippen molar-refractivity contribution in [3.8, 4) is 0 Å². The molecule has 2 fully saturated rings. The molecule has 0 aromatic heterocycles. The Morgan fingerprint density at radius 3 is 2.50 bits per heavy atom. The molecule has 2 aliphatic heterocycles. The zero-order valence-corrected chi connectivity index (χ0v) is 16.3. The van der Waals surface area contributed by atoms with E-state index in [1.165, 1.54) is 4.90 Å². The summed E-state index contributed by atoms with van der Waals surface area (Å²) in [5, 5.41) is 2.66. The van der Waals surface area contributed by atoms with Gasteiger partial charge >= 0.3 is 6.03 Å². The van der Waals surface area contributed by atoms with E-state index in [9.17, 15) is 26.8 Å². The van der Waals surface area contributed by atoms with Crippen molar-refractivity contribution in [2.75, 3.05) is 32.8 Å². The van der Waals surface area contributed by atoms with Gasteiger partial charge in [-0.1, -0.05) is 13.3 Å². The minimum absolute atomic E-state index is 0.108. The Balaban J connectivity index is 1.61. The molecule has 1 aromatic carbocycles. The highest BCUT2D eigenvalue weighted by atomic mass is 32.2. The second kappa shape index (κ2) is 8.10. The van der Waals surface area contributed by atoms with Crippen LogP contribution in [0.2, 0.25) is 0 Å². The molecule has 11 heteroatoms. The normalized spacial score (nSPS) is 22.0. The molecule has 2 aliphatic rings. The third-order valence-electron chi connectivity index (χ3n) is 5.01. The molecule has 8 nitrogen and oxygen atoms in total. The summed E-state index contributed by atoms with van der Waals surface area (Å²) in [6.45, 7) is 3.02. The second-order valence-electron chi connectivity index (χ2n) is 6.94. The van der Waals surface area contributed by atoms with Crippen LogP contribution in [0.4, 0.5) is 13.6 Å². The van der Waals surface area contributed by atoms with E-state index >= 15 is 0 Å². The van der Waals surface area contributed by atoms with Crippen molar-refractivity contribution in [3.05, 3.63) is 29.8 Å². The van der Waals surface area contributed by atoms with Crippen LogP contribution >= 0.6 is 0 Å². The number of sulfonamides is 1. The van der Waals surface area contributed by atoms with E-state index in [4.69, 9.17) is 0 Å². The van der Waals surface area contributed by atoms with Crippen LogP contribution in [0.5, 0.6) is 0 Å². The van der Waals surface area contributed by atoms with Crippen molar-refractivity contribution < 1.29 is 31.7 Å². The second-order valence-corrected chi connectivity index (χ2v) is 8.85. The predicted molar refractivity (Wildman–Crippen MR) is 94.8 cm³/mol. The number of nitrogens with zero attached hydrogens (tertiary/aromatic N) is 2. The first-order valence-corrected chi connectivity index (χ1v) is 10.6. The quantitative estimate of drug-likeness (QED) is 0.613. The summed E-state index contributed by atoms with van der Waals surface area (Å²) < 4.78 is 53.3. The molecule has 2 N–H and O–H groups in total. The lowest BCUT2D eigenvalue weighted by molar-refractivity contribution is -0.910. The molecular weight excluding hydrogens is 394 g/mol. The zero-order chi connectivity index (χ0) is 20.5. The number of piperazine rings is 1. The van der Waals surface area contributed by atoms with Crippen LogP contribution in [0, 0.1) is 11.6 Å². The Labute approximate surface area is 162 Å². The lowest BCUT2D eigenvalue weighted by Gasteiger charge is -2.32. The van der Waals surface area contributed by atoms with Crippen LogP contribution in [-0.2, 0) is 14.8 Å². The first-order chi connectivity index (χ1) is 13.2. The van der Waals surface area contributed by atoms with E-state index in [0.717, 1.165) is 27.8 Å². The largest absolute Gasteiger partial charge is 0.329 e. The predicted octanol–water partition coefficient (Wildman–Crippen LogP) is -0.468. The van der Waals surface area contributed by atoms with E-state index in [1.807, 2.05) is 6.92 Å². The highest BCUT2D eigenvalue weighted by molar-refractivity contribution is 7.89. The fourth-order valence-corrected chi connectivity index (χ4v) is 4.95. The molecule has 154 valence electrons. The Morgan fingerprint density at radius 2 is 1.89 bits per heavy atom. The molecular formula is C17H23F2N4O4S+. The minimum Gasteiger partial charge on any atom is -0.326 e. The van der Waals surface area contributed by atoms with Gasteiger partial charge in [-0.25, -0.2) is 26.9 Å². The molecule has 3 amide bonds. The summed E-state index contributed by atoms with van der Waals surface area (Å²) >= 11 is 0. The summed E-state index contributed by atoms with van der Waals surface area (Å²) in [6, 6.07) is 1.43. The topological polar surface area (TPSA) is 91.2 Å². The van der Waals surface area contributed by atoms with Crippen molar-refractivity contribution in [2.45, 2.75) is 30.7 Å². The standard InChI is InChI=1S/C17H22F2N4O4S/c1-2-3-14-16(24)23(17(25)20-14)11-21-6-8-22(9-7-21)28(26,27)15-5-4-12(18)10-13(15)19/h4-5,10,14H,2-3,6-9,11H2,1H3,(H,20,25)/p+1/t14-/m0/s1. The average molecular weight is 417 g/mol. The molecule has 0 spiro atoms. The van der Waals surface area contributed by atoms with Crippen molar-refractivity contribution in [2.24, 2.45) is 0 Å². The number of nitrogens with one attached hydrogen (secondary N) is 2. The molecule has 0 aliphatic carbocycles. The molecule has 3 rings (SSSR count). The maximum Gasteiger partial charge on any atom is 0.329 e. The van der Waals surface area contributed by atoms with Crippen LogP contribution in [-0.4, -0.2) is 68.5 Å². The number of benzene rings is 1. The first-order valence-electron chi connectivity index (χ1n) is 9.14. The third kappa shape index (κ3) is 4.01. The monoisotopic (exact) mass is 417 g/mol. The molecule has 28 heavy (non-hydrogen) atoms. The molecule has 2 saturated heterocycles. The summed E-state index contributed by atoms with van der Waals surface area (Å²) in [6.07, 6.45) is 1.35. The Bertz CT molecular complexity index is 872. The van der Waals surface area contributed by atoms with E-state index in [-0.39, 0.29) is 25.7 Å². The molecule has 0 radical (unpaired) electrons. The SMILES string of the molecule is CCC[C@@H]1NC(=O)N(C[NH+]2CCN(S(=O)(=O)c3ccc(F)cc3F)CC2)C1=O. The van der Waals surface area contributed by atoms with E-state index in [2.05, 4.69) is 5.32 Å².